The average Bonchev–Trinajstić information content (AvgIpc) is 2.48. The highest BCUT2D eigenvalue weighted by Crippen LogP contribution is 2.26. The first kappa shape index (κ1) is 19.5. The Kier molecular flexibility index (Phi) is 7.93. The maximum Gasteiger partial charge on any atom is 0.240 e. The van der Waals surface area contributed by atoms with Crippen molar-refractivity contribution in [2.45, 2.75) is 36.6 Å². The Morgan fingerprint density at radius 1 is 1.41 bits per heavy atom. The maximum absolute atomic E-state index is 12.2. The fourth-order valence-corrected chi connectivity index (χ4v) is 3.83. The quantitative estimate of drug-likeness (QED) is 0.809. The molecule has 1 unspecified atom stereocenters. The van der Waals surface area contributed by atoms with Crippen LogP contribution in [0.2, 0.25) is 5.02 Å². The predicted octanol–water partition coefficient (Wildman–Crippen LogP) is 2.58. The molecule has 1 aromatic rings. The zero-order valence-corrected chi connectivity index (χ0v) is 14.9. The largest absolute Gasteiger partial charge is 0.495 e. The van der Waals surface area contributed by atoms with Crippen molar-refractivity contribution in [1.82, 2.24) is 10.0 Å². The number of benzene rings is 1. The van der Waals surface area contributed by atoms with Crippen molar-refractivity contribution in [3.8, 4) is 5.75 Å². The summed E-state index contributed by atoms with van der Waals surface area (Å²) in [5.41, 5.74) is 0. The number of piperidine rings is 1. The van der Waals surface area contributed by atoms with E-state index in [0.717, 1.165) is 19.4 Å². The molecule has 1 aliphatic rings. The Balaban J connectivity index is 0.00000242. The first-order chi connectivity index (χ1) is 10.0. The molecule has 1 fully saturated rings. The molecule has 2 rings (SSSR count). The number of sulfonamides is 1. The third-order valence-electron chi connectivity index (χ3n) is 3.63. The topological polar surface area (TPSA) is 67.4 Å². The van der Waals surface area contributed by atoms with E-state index in [1.54, 1.807) is 6.07 Å². The molecule has 0 aliphatic carbocycles. The van der Waals surface area contributed by atoms with Gasteiger partial charge in [-0.1, -0.05) is 18.0 Å². The minimum absolute atomic E-state index is 0. The lowest BCUT2D eigenvalue weighted by Gasteiger charge is -2.23. The lowest BCUT2D eigenvalue weighted by Crippen LogP contribution is -2.37. The highest BCUT2D eigenvalue weighted by Gasteiger charge is 2.17. The summed E-state index contributed by atoms with van der Waals surface area (Å²) in [6, 6.07) is 4.86. The summed E-state index contributed by atoms with van der Waals surface area (Å²) in [5, 5.41) is 3.68. The second kappa shape index (κ2) is 8.93. The van der Waals surface area contributed by atoms with Crippen LogP contribution in [0.1, 0.15) is 25.7 Å². The lowest BCUT2D eigenvalue weighted by molar-refractivity contribution is 0.382. The number of hydrogen-bond acceptors (Lipinski definition) is 4. The Bertz CT molecular complexity index is 575. The van der Waals surface area contributed by atoms with Crippen LogP contribution in [-0.2, 0) is 10.0 Å². The van der Waals surface area contributed by atoms with E-state index in [0.29, 0.717) is 18.3 Å². The molecule has 0 spiro atoms. The van der Waals surface area contributed by atoms with Crippen molar-refractivity contribution in [3.05, 3.63) is 23.2 Å². The van der Waals surface area contributed by atoms with E-state index in [9.17, 15) is 8.42 Å². The van der Waals surface area contributed by atoms with Crippen LogP contribution >= 0.6 is 24.0 Å². The molecule has 5 nitrogen and oxygen atoms in total. The van der Waals surface area contributed by atoms with Crippen molar-refractivity contribution in [1.29, 1.82) is 0 Å². The molecule has 1 atom stereocenters. The molecule has 2 N–H and O–H groups in total. The smallest absolute Gasteiger partial charge is 0.240 e. The Hall–Kier alpha value is -0.530. The Labute approximate surface area is 143 Å². The van der Waals surface area contributed by atoms with Gasteiger partial charge in [0.25, 0.3) is 0 Å². The highest BCUT2D eigenvalue weighted by atomic mass is 35.5. The van der Waals surface area contributed by atoms with Gasteiger partial charge in [-0.05, 0) is 44.0 Å². The van der Waals surface area contributed by atoms with Crippen LogP contribution < -0.4 is 14.8 Å². The maximum atomic E-state index is 12.2. The van der Waals surface area contributed by atoms with E-state index < -0.39 is 10.0 Å². The second-order valence-corrected chi connectivity index (χ2v) is 7.30. The van der Waals surface area contributed by atoms with Gasteiger partial charge in [0.15, 0.2) is 0 Å². The van der Waals surface area contributed by atoms with Gasteiger partial charge in [0, 0.05) is 12.6 Å². The summed E-state index contributed by atoms with van der Waals surface area (Å²) >= 11 is 5.96. The van der Waals surface area contributed by atoms with E-state index >= 15 is 0 Å². The third kappa shape index (κ3) is 5.28. The lowest BCUT2D eigenvalue weighted by atomic mass is 10.0. The van der Waals surface area contributed by atoms with Gasteiger partial charge >= 0.3 is 0 Å². The molecule has 0 amide bonds. The van der Waals surface area contributed by atoms with Gasteiger partial charge in [0.05, 0.1) is 17.0 Å². The summed E-state index contributed by atoms with van der Waals surface area (Å²) in [5.74, 6) is 0.460. The molecule has 22 heavy (non-hydrogen) atoms. The molecule has 1 aromatic carbocycles. The molecule has 126 valence electrons. The van der Waals surface area contributed by atoms with Gasteiger partial charge in [0.1, 0.15) is 5.75 Å². The van der Waals surface area contributed by atoms with Gasteiger partial charge in [-0.3, -0.25) is 0 Å². The van der Waals surface area contributed by atoms with Crippen molar-refractivity contribution < 1.29 is 13.2 Å². The summed E-state index contributed by atoms with van der Waals surface area (Å²) in [7, 11) is -2.04. The highest BCUT2D eigenvalue weighted by molar-refractivity contribution is 7.89. The van der Waals surface area contributed by atoms with E-state index in [1.165, 1.54) is 32.1 Å². The van der Waals surface area contributed by atoms with Crippen LogP contribution in [0.25, 0.3) is 0 Å². The van der Waals surface area contributed by atoms with E-state index in [4.69, 9.17) is 16.3 Å². The summed E-state index contributed by atoms with van der Waals surface area (Å²) in [6.07, 6.45) is 4.31. The summed E-state index contributed by atoms with van der Waals surface area (Å²) < 4.78 is 32.0. The third-order valence-corrected chi connectivity index (χ3v) is 5.38. The molecule has 0 bridgehead atoms. The van der Waals surface area contributed by atoms with E-state index in [1.807, 2.05) is 0 Å². The Morgan fingerprint density at radius 2 is 2.18 bits per heavy atom. The number of ether oxygens (including phenoxy) is 1. The molecule has 1 heterocycles. The first-order valence-electron chi connectivity index (χ1n) is 7.09. The van der Waals surface area contributed by atoms with Gasteiger partial charge in [0.2, 0.25) is 10.0 Å². The van der Waals surface area contributed by atoms with Crippen LogP contribution in [0.5, 0.6) is 5.75 Å². The zero-order valence-electron chi connectivity index (χ0n) is 12.5. The van der Waals surface area contributed by atoms with E-state index in [2.05, 4.69) is 10.0 Å². The number of hydrogen-bond donors (Lipinski definition) is 2. The van der Waals surface area contributed by atoms with Crippen molar-refractivity contribution in [2.75, 3.05) is 20.2 Å². The van der Waals surface area contributed by atoms with Gasteiger partial charge in [-0.2, -0.15) is 0 Å². The minimum atomic E-state index is -3.53. The molecule has 0 saturated carbocycles. The molecule has 0 aromatic heterocycles. The van der Waals surface area contributed by atoms with Crippen molar-refractivity contribution >= 4 is 34.0 Å². The normalized spacial score (nSPS) is 18.5. The second-order valence-electron chi connectivity index (χ2n) is 5.13. The molecule has 1 saturated heterocycles. The average molecular weight is 369 g/mol. The number of nitrogens with one attached hydrogen (secondary N) is 2. The van der Waals surface area contributed by atoms with Crippen molar-refractivity contribution in [2.24, 2.45) is 0 Å². The monoisotopic (exact) mass is 368 g/mol. The predicted molar refractivity (Wildman–Crippen MR) is 90.7 cm³/mol. The summed E-state index contributed by atoms with van der Waals surface area (Å²) in [4.78, 5) is 0.157. The molecule has 8 heteroatoms. The minimum Gasteiger partial charge on any atom is -0.495 e. The number of rotatable bonds is 6. The molecular formula is C14H22Cl2N2O3S. The molecule has 0 radical (unpaired) electrons. The van der Waals surface area contributed by atoms with E-state index in [-0.39, 0.29) is 22.3 Å². The molecular weight excluding hydrogens is 347 g/mol. The van der Waals surface area contributed by atoms with Gasteiger partial charge in [-0.25, -0.2) is 13.1 Å². The summed E-state index contributed by atoms with van der Waals surface area (Å²) in [6.45, 7) is 1.44. The van der Waals surface area contributed by atoms with Crippen LogP contribution in [-0.4, -0.2) is 34.7 Å². The van der Waals surface area contributed by atoms with Crippen LogP contribution in [0.15, 0.2) is 23.1 Å². The number of methoxy groups -OCH3 is 1. The zero-order chi connectivity index (χ0) is 15.3. The number of halogens is 2. The van der Waals surface area contributed by atoms with Gasteiger partial charge < -0.3 is 10.1 Å². The fourth-order valence-electron chi connectivity index (χ4n) is 2.44. The van der Waals surface area contributed by atoms with Crippen molar-refractivity contribution in [3.63, 3.8) is 0 Å². The first-order valence-corrected chi connectivity index (χ1v) is 8.95. The van der Waals surface area contributed by atoms with Crippen LogP contribution in [0.3, 0.4) is 0 Å². The SMILES string of the molecule is COc1ccc(S(=O)(=O)NCCC2CCCCN2)cc1Cl.Cl. The Morgan fingerprint density at radius 3 is 2.77 bits per heavy atom. The van der Waals surface area contributed by atoms with Gasteiger partial charge in [-0.15, -0.1) is 12.4 Å². The van der Waals surface area contributed by atoms with Crippen LogP contribution in [0, 0.1) is 0 Å². The molecule has 1 aliphatic heterocycles. The standard InChI is InChI=1S/C14H21ClN2O3S.ClH/c1-20-14-6-5-12(10-13(14)15)21(18,19)17-9-7-11-4-2-3-8-16-11;/h5-6,10-11,16-17H,2-4,7-9H2,1H3;1H. The van der Waals surface area contributed by atoms with Crippen LogP contribution in [0.4, 0.5) is 0 Å². The fraction of sp³-hybridized carbons (Fsp3) is 0.571.